The molecule has 5 heteroatoms. The van der Waals surface area contributed by atoms with Crippen molar-refractivity contribution in [3.8, 4) is 5.75 Å². The van der Waals surface area contributed by atoms with Crippen LogP contribution in [0.25, 0.3) is 0 Å². The summed E-state index contributed by atoms with van der Waals surface area (Å²) in [5.74, 6) is 1.59. The summed E-state index contributed by atoms with van der Waals surface area (Å²) in [6.45, 7) is 2.38. The lowest BCUT2D eigenvalue weighted by molar-refractivity contribution is -0.129. The fourth-order valence-electron chi connectivity index (χ4n) is 5.78. The molecule has 2 atom stereocenters. The average molecular weight is 380 g/mol. The number of amides is 1. The van der Waals surface area contributed by atoms with E-state index >= 15 is 0 Å². The molecule has 2 unspecified atom stereocenters. The Morgan fingerprint density at radius 3 is 2.61 bits per heavy atom. The van der Waals surface area contributed by atoms with Crippen molar-refractivity contribution in [2.75, 3.05) is 13.1 Å². The highest BCUT2D eigenvalue weighted by molar-refractivity contribution is 6.07. The van der Waals surface area contributed by atoms with Crippen LogP contribution in [0, 0.1) is 11.8 Å². The summed E-state index contributed by atoms with van der Waals surface area (Å²) in [5, 5.41) is 4.40. The third-order valence-electron chi connectivity index (χ3n) is 8.08. The summed E-state index contributed by atoms with van der Waals surface area (Å²) in [7, 11) is 0. The zero-order valence-corrected chi connectivity index (χ0v) is 16.5. The van der Waals surface area contributed by atoms with Crippen molar-refractivity contribution >= 4 is 11.6 Å². The van der Waals surface area contributed by atoms with E-state index in [4.69, 9.17) is 4.74 Å². The molecule has 148 valence electrons. The van der Waals surface area contributed by atoms with E-state index < -0.39 is 0 Å². The van der Waals surface area contributed by atoms with Crippen LogP contribution in [0.3, 0.4) is 0 Å². The lowest BCUT2D eigenvalue weighted by atomic mass is 9.68. The molecule has 0 bridgehead atoms. The molecule has 28 heavy (non-hydrogen) atoms. The summed E-state index contributed by atoms with van der Waals surface area (Å²) >= 11 is 0. The fourth-order valence-corrected chi connectivity index (χ4v) is 5.78. The first-order valence-corrected chi connectivity index (χ1v) is 11.1. The summed E-state index contributed by atoms with van der Waals surface area (Å²) in [6.07, 6.45) is 10.8. The minimum absolute atomic E-state index is 0.0458. The minimum Gasteiger partial charge on any atom is -0.487 e. The van der Waals surface area contributed by atoms with E-state index in [0.29, 0.717) is 5.92 Å². The van der Waals surface area contributed by atoms with Gasteiger partial charge in [-0.25, -0.2) is 5.43 Å². The summed E-state index contributed by atoms with van der Waals surface area (Å²) < 4.78 is 6.63. The largest absolute Gasteiger partial charge is 0.487 e. The number of nitrogens with one attached hydrogen (secondary N) is 1. The Morgan fingerprint density at radius 1 is 1.07 bits per heavy atom. The number of aryl methyl sites for hydroxylation is 1. The third kappa shape index (κ3) is 2.62. The van der Waals surface area contributed by atoms with Gasteiger partial charge in [0.25, 0.3) is 0 Å². The van der Waals surface area contributed by atoms with Gasteiger partial charge in [-0.15, -0.1) is 0 Å². The van der Waals surface area contributed by atoms with Crippen molar-refractivity contribution in [1.82, 2.24) is 10.3 Å². The van der Waals surface area contributed by atoms with Crippen molar-refractivity contribution in [2.45, 2.75) is 69.4 Å². The number of rotatable bonds is 2. The van der Waals surface area contributed by atoms with Crippen LogP contribution in [-0.4, -0.2) is 41.3 Å². The molecule has 3 aliphatic heterocycles. The van der Waals surface area contributed by atoms with Crippen molar-refractivity contribution in [3.63, 3.8) is 0 Å². The topological polar surface area (TPSA) is 53.9 Å². The van der Waals surface area contributed by atoms with E-state index in [1.54, 1.807) is 0 Å². The number of hydrogen-bond acceptors (Lipinski definition) is 4. The molecule has 1 amide bonds. The van der Waals surface area contributed by atoms with E-state index in [1.807, 2.05) is 0 Å². The number of hydrazone groups is 1. The number of piperidine rings is 1. The van der Waals surface area contributed by atoms with Gasteiger partial charge >= 0.3 is 0 Å². The number of ether oxygens (including phenoxy) is 1. The number of nitrogens with zero attached hydrogens (tertiary/aromatic N) is 2. The van der Waals surface area contributed by atoms with Gasteiger partial charge in [0.2, 0.25) is 5.91 Å². The van der Waals surface area contributed by atoms with Gasteiger partial charge in [0.15, 0.2) is 0 Å². The molecule has 1 spiro atoms. The fraction of sp³-hybridized carbons (Fsp3) is 0.652. The zero-order chi connectivity index (χ0) is 18.7. The number of carbonyl (C=O) groups excluding carboxylic acids is 1. The smallest absolute Gasteiger partial charge is 0.243 e. The Hall–Kier alpha value is -1.88. The highest BCUT2D eigenvalue weighted by atomic mass is 16.5. The number of benzene rings is 1. The molecular formula is C23H29N3O2. The molecule has 2 aliphatic carbocycles. The Balaban J connectivity index is 1.19. The maximum absolute atomic E-state index is 11.9. The van der Waals surface area contributed by atoms with Crippen LogP contribution in [0.1, 0.15) is 62.5 Å². The second-order valence-electron chi connectivity index (χ2n) is 9.49. The van der Waals surface area contributed by atoms with E-state index in [9.17, 15) is 4.79 Å². The third-order valence-corrected chi connectivity index (χ3v) is 8.08. The van der Waals surface area contributed by atoms with Gasteiger partial charge in [0, 0.05) is 31.0 Å². The van der Waals surface area contributed by atoms with E-state index in [0.717, 1.165) is 61.6 Å². The van der Waals surface area contributed by atoms with Gasteiger partial charge in [-0.1, -0.05) is 6.42 Å². The molecule has 3 fully saturated rings. The second-order valence-corrected chi connectivity index (χ2v) is 9.49. The Morgan fingerprint density at radius 2 is 1.89 bits per heavy atom. The lowest BCUT2D eigenvalue weighted by Crippen LogP contribution is -2.53. The van der Waals surface area contributed by atoms with Gasteiger partial charge in [-0.3, -0.25) is 4.79 Å². The SMILES string of the molecule is O=C1NN=C(c2ccc3c(c2)CCC2(CCN(C4CCC4)CC2)O3)C2CCC12. The van der Waals surface area contributed by atoms with Gasteiger partial charge in [0.1, 0.15) is 11.4 Å². The number of carbonyl (C=O) groups is 1. The Kier molecular flexibility index (Phi) is 3.84. The molecular weight excluding hydrogens is 350 g/mol. The van der Waals surface area contributed by atoms with Crippen molar-refractivity contribution in [3.05, 3.63) is 29.3 Å². The average Bonchev–Trinajstić information content (AvgIpc) is 2.63. The predicted octanol–water partition coefficient (Wildman–Crippen LogP) is 3.26. The maximum Gasteiger partial charge on any atom is 0.243 e. The molecule has 1 aromatic rings. The first-order chi connectivity index (χ1) is 13.7. The van der Waals surface area contributed by atoms with Crippen molar-refractivity contribution < 1.29 is 9.53 Å². The summed E-state index contributed by atoms with van der Waals surface area (Å²) in [5.41, 5.74) is 6.30. The monoisotopic (exact) mass is 379 g/mol. The zero-order valence-electron chi connectivity index (χ0n) is 16.5. The van der Waals surface area contributed by atoms with E-state index in [-0.39, 0.29) is 17.4 Å². The first kappa shape index (κ1) is 17.0. The van der Waals surface area contributed by atoms with Crippen LogP contribution in [0.5, 0.6) is 5.75 Å². The second kappa shape index (κ2) is 6.31. The number of likely N-dealkylation sites (tertiary alicyclic amines) is 1. The molecule has 5 nitrogen and oxygen atoms in total. The first-order valence-electron chi connectivity index (χ1n) is 11.1. The molecule has 3 heterocycles. The van der Waals surface area contributed by atoms with Crippen LogP contribution in [0.15, 0.2) is 23.3 Å². The van der Waals surface area contributed by atoms with E-state index in [2.05, 4.69) is 33.6 Å². The molecule has 1 aromatic carbocycles. The molecule has 0 aromatic heterocycles. The molecule has 6 rings (SSSR count). The Bertz CT molecular complexity index is 836. The summed E-state index contributed by atoms with van der Waals surface area (Å²) in [6, 6.07) is 7.41. The molecule has 5 aliphatic rings. The van der Waals surface area contributed by atoms with Crippen LogP contribution in [-0.2, 0) is 11.2 Å². The van der Waals surface area contributed by atoms with Gasteiger partial charge in [-0.2, -0.15) is 5.10 Å². The molecule has 1 N–H and O–H groups in total. The number of fused-ring (bicyclic) bond motifs is 2. The molecule has 0 radical (unpaired) electrons. The molecule has 1 saturated heterocycles. The van der Waals surface area contributed by atoms with Crippen LogP contribution >= 0.6 is 0 Å². The Labute approximate surface area is 166 Å². The highest BCUT2D eigenvalue weighted by Gasteiger charge is 2.44. The highest BCUT2D eigenvalue weighted by Crippen LogP contribution is 2.43. The van der Waals surface area contributed by atoms with Gasteiger partial charge in [-0.05, 0) is 80.7 Å². The minimum atomic E-state index is 0.0458. The van der Waals surface area contributed by atoms with Crippen LogP contribution in [0.4, 0.5) is 0 Å². The normalized spacial score (nSPS) is 31.6. The van der Waals surface area contributed by atoms with Crippen molar-refractivity contribution in [1.29, 1.82) is 0 Å². The number of hydrogen-bond donors (Lipinski definition) is 1. The van der Waals surface area contributed by atoms with Gasteiger partial charge < -0.3 is 9.64 Å². The summed E-state index contributed by atoms with van der Waals surface area (Å²) in [4.78, 5) is 14.6. The van der Waals surface area contributed by atoms with Crippen LogP contribution in [0.2, 0.25) is 0 Å². The van der Waals surface area contributed by atoms with Crippen molar-refractivity contribution in [2.24, 2.45) is 16.9 Å². The molecule has 2 saturated carbocycles. The predicted molar refractivity (Wildman–Crippen MR) is 107 cm³/mol. The van der Waals surface area contributed by atoms with Gasteiger partial charge in [0.05, 0.1) is 5.71 Å². The van der Waals surface area contributed by atoms with E-state index in [1.165, 1.54) is 37.9 Å². The quantitative estimate of drug-likeness (QED) is 0.858. The maximum atomic E-state index is 11.9. The van der Waals surface area contributed by atoms with Crippen LogP contribution < -0.4 is 10.2 Å². The lowest BCUT2D eigenvalue weighted by Gasteiger charge is -2.48. The standard InChI is InChI=1S/C23H29N3O2/c27-22-19-6-5-18(19)21(24-25-22)16-4-7-20-15(14-16)8-9-23(28-20)10-12-26(13-11-23)17-2-1-3-17/h4,7,14,17-19H,1-3,5-6,8-13H2,(H,25,27).